The van der Waals surface area contributed by atoms with Crippen LogP contribution >= 0.6 is 0 Å². The predicted octanol–water partition coefficient (Wildman–Crippen LogP) is 0.572. The molecule has 0 bridgehead atoms. The maximum atomic E-state index is 12.2. The summed E-state index contributed by atoms with van der Waals surface area (Å²) in [6.45, 7) is 7.13. The molecule has 23 heavy (non-hydrogen) atoms. The van der Waals surface area contributed by atoms with Gasteiger partial charge in [-0.15, -0.1) is 0 Å². The molecule has 1 aromatic rings. The van der Waals surface area contributed by atoms with Crippen LogP contribution in [-0.2, 0) is 9.59 Å². The van der Waals surface area contributed by atoms with Crippen molar-refractivity contribution in [2.24, 2.45) is 0 Å². The SMILES string of the molecule is CNC(=O)CN1CCN(C(=O)COc2ccc(C)cc2C)CC1. The van der Waals surface area contributed by atoms with Crippen LogP contribution in [-0.4, -0.2) is 68.0 Å². The number of nitrogens with one attached hydrogen (secondary N) is 1. The molecular weight excluding hydrogens is 294 g/mol. The van der Waals surface area contributed by atoms with Crippen molar-refractivity contribution < 1.29 is 14.3 Å². The summed E-state index contributed by atoms with van der Waals surface area (Å²) in [5.41, 5.74) is 2.21. The Balaban J connectivity index is 1.78. The van der Waals surface area contributed by atoms with Crippen molar-refractivity contribution in [2.45, 2.75) is 13.8 Å². The number of carbonyl (C=O) groups excluding carboxylic acids is 2. The molecule has 1 saturated heterocycles. The zero-order valence-electron chi connectivity index (χ0n) is 14.1. The van der Waals surface area contributed by atoms with E-state index in [4.69, 9.17) is 4.74 Å². The zero-order valence-corrected chi connectivity index (χ0v) is 14.1. The fourth-order valence-corrected chi connectivity index (χ4v) is 2.63. The number of ether oxygens (including phenoxy) is 1. The summed E-state index contributed by atoms with van der Waals surface area (Å²) >= 11 is 0. The molecule has 126 valence electrons. The van der Waals surface area contributed by atoms with E-state index in [0.29, 0.717) is 32.7 Å². The van der Waals surface area contributed by atoms with Crippen LogP contribution in [0.2, 0.25) is 0 Å². The average Bonchev–Trinajstić information content (AvgIpc) is 2.54. The Kier molecular flexibility index (Phi) is 5.98. The summed E-state index contributed by atoms with van der Waals surface area (Å²) in [5.74, 6) is 0.745. The molecule has 1 heterocycles. The second-order valence-electron chi connectivity index (χ2n) is 5.89. The molecule has 2 rings (SSSR count). The fourth-order valence-electron chi connectivity index (χ4n) is 2.63. The Hall–Kier alpha value is -2.08. The number of amides is 2. The molecule has 0 aliphatic carbocycles. The normalized spacial score (nSPS) is 15.3. The Morgan fingerprint density at radius 1 is 1.17 bits per heavy atom. The summed E-state index contributed by atoms with van der Waals surface area (Å²) < 4.78 is 5.65. The molecule has 0 aromatic heterocycles. The van der Waals surface area contributed by atoms with E-state index in [9.17, 15) is 9.59 Å². The second kappa shape index (κ2) is 7.97. The first-order valence-electron chi connectivity index (χ1n) is 7.90. The summed E-state index contributed by atoms with van der Waals surface area (Å²) in [5, 5.41) is 2.61. The lowest BCUT2D eigenvalue weighted by molar-refractivity contribution is -0.135. The number of benzene rings is 1. The first-order valence-corrected chi connectivity index (χ1v) is 7.90. The van der Waals surface area contributed by atoms with Crippen molar-refractivity contribution >= 4 is 11.8 Å². The number of carbonyl (C=O) groups is 2. The summed E-state index contributed by atoms with van der Waals surface area (Å²) in [4.78, 5) is 27.4. The topological polar surface area (TPSA) is 61.9 Å². The quantitative estimate of drug-likeness (QED) is 0.862. The molecule has 0 spiro atoms. The number of hydrogen-bond donors (Lipinski definition) is 1. The molecule has 0 atom stereocenters. The van der Waals surface area contributed by atoms with Gasteiger partial charge in [-0.25, -0.2) is 0 Å². The number of aryl methyl sites for hydroxylation is 2. The smallest absolute Gasteiger partial charge is 0.260 e. The number of hydrogen-bond acceptors (Lipinski definition) is 4. The molecule has 6 nitrogen and oxygen atoms in total. The van der Waals surface area contributed by atoms with E-state index in [-0.39, 0.29) is 18.4 Å². The van der Waals surface area contributed by atoms with Crippen LogP contribution in [0.4, 0.5) is 0 Å². The number of nitrogens with zero attached hydrogens (tertiary/aromatic N) is 2. The highest BCUT2D eigenvalue weighted by Crippen LogP contribution is 2.18. The molecule has 1 aliphatic rings. The van der Waals surface area contributed by atoms with Gasteiger partial charge in [0.2, 0.25) is 5.91 Å². The van der Waals surface area contributed by atoms with E-state index in [2.05, 4.69) is 5.32 Å². The Bertz CT molecular complexity index is 566. The van der Waals surface area contributed by atoms with Crippen molar-refractivity contribution in [3.63, 3.8) is 0 Å². The van der Waals surface area contributed by atoms with Gasteiger partial charge in [0.05, 0.1) is 6.54 Å². The molecule has 1 aliphatic heterocycles. The summed E-state index contributed by atoms with van der Waals surface area (Å²) in [6, 6.07) is 5.92. The Morgan fingerprint density at radius 2 is 1.87 bits per heavy atom. The third-order valence-electron chi connectivity index (χ3n) is 4.05. The van der Waals surface area contributed by atoms with Crippen molar-refractivity contribution in [3.05, 3.63) is 29.3 Å². The lowest BCUT2D eigenvalue weighted by Crippen LogP contribution is -2.51. The minimum absolute atomic E-state index is 0.00274. The molecular formula is C17H25N3O3. The Morgan fingerprint density at radius 3 is 2.48 bits per heavy atom. The molecule has 0 saturated carbocycles. The van der Waals surface area contributed by atoms with Crippen molar-refractivity contribution in [2.75, 3.05) is 46.4 Å². The second-order valence-corrected chi connectivity index (χ2v) is 5.89. The van der Waals surface area contributed by atoms with Gasteiger partial charge >= 0.3 is 0 Å². The van der Waals surface area contributed by atoms with Crippen molar-refractivity contribution in [3.8, 4) is 5.75 Å². The molecule has 2 amide bonds. The molecule has 0 radical (unpaired) electrons. The highest BCUT2D eigenvalue weighted by molar-refractivity contribution is 5.78. The van der Waals surface area contributed by atoms with E-state index in [1.807, 2.05) is 36.9 Å². The van der Waals surface area contributed by atoms with Gasteiger partial charge in [-0.3, -0.25) is 14.5 Å². The highest BCUT2D eigenvalue weighted by atomic mass is 16.5. The van der Waals surface area contributed by atoms with Crippen molar-refractivity contribution in [1.29, 1.82) is 0 Å². The molecule has 0 unspecified atom stereocenters. The van der Waals surface area contributed by atoms with Gasteiger partial charge in [-0.05, 0) is 25.5 Å². The minimum atomic E-state index is -0.00966. The molecule has 6 heteroatoms. The third-order valence-corrected chi connectivity index (χ3v) is 4.05. The van der Waals surface area contributed by atoms with E-state index in [0.717, 1.165) is 11.3 Å². The third kappa shape index (κ3) is 4.96. The van der Waals surface area contributed by atoms with Gasteiger partial charge in [0.15, 0.2) is 6.61 Å². The van der Waals surface area contributed by atoms with Gasteiger partial charge in [-0.2, -0.15) is 0 Å². The van der Waals surface area contributed by atoms with Crippen LogP contribution in [0.5, 0.6) is 5.75 Å². The molecule has 1 aromatic carbocycles. The van der Waals surface area contributed by atoms with Gasteiger partial charge in [-0.1, -0.05) is 17.7 Å². The number of rotatable bonds is 5. The van der Waals surface area contributed by atoms with E-state index in [1.165, 1.54) is 5.56 Å². The average molecular weight is 319 g/mol. The predicted molar refractivity (Wildman–Crippen MR) is 88.5 cm³/mol. The maximum Gasteiger partial charge on any atom is 0.260 e. The first-order chi connectivity index (χ1) is 11.0. The standard InChI is InChI=1S/C17H25N3O3/c1-13-4-5-15(14(2)10-13)23-12-17(22)20-8-6-19(7-9-20)11-16(21)18-3/h4-5,10H,6-9,11-12H2,1-3H3,(H,18,21). The maximum absolute atomic E-state index is 12.2. The van der Waals surface area contributed by atoms with E-state index >= 15 is 0 Å². The van der Waals surface area contributed by atoms with Crippen LogP contribution in [0.1, 0.15) is 11.1 Å². The lowest BCUT2D eigenvalue weighted by Gasteiger charge is -2.34. The van der Waals surface area contributed by atoms with Gasteiger partial charge < -0.3 is 15.0 Å². The summed E-state index contributed by atoms with van der Waals surface area (Å²) in [7, 11) is 1.63. The molecule has 1 N–H and O–H groups in total. The van der Waals surface area contributed by atoms with Crippen LogP contribution in [0.25, 0.3) is 0 Å². The van der Waals surface area contributed by atoms with Crippen LogP contribution in [0.15, 0.2) is 18.2 Å². The van der Waals surface area contributed by atoms with Crippen LogP contribution < -0.4 is 10.1 Å². The zero-order chi connectivity index (χ0) is 16.8. The fraction of sp³-hybridized carbons (Fsp3) is 0.529. The van der Waals surface area contributed by atoms with Gasteiger partial charge in [0, 0.05) is 33.2 Å². The first kappa shape index (κ1) is 17.3. The molecule has 1 fully saturated rings. The number of likely N-dealkylation sites (N-methyl/N-ethyl adjacent to an activating group) is 1. The van der Waals surface area contributed by atoms with Crippen molar-refractivity contribution in [1.82, 2.24) is 15.1 Å². The van der Waals surface area contributed by atoms with E-state index < -0.39 is 0 Å². The summed E-state index contributed by atoms with van der Waals surface area (Å²) in [6.07, 6.45) is 0. The van der Waals surface area contributed by atoms with Gasteiger partial charge in [0.1, 0.15) is 5.75 Å². The highest BCUT2D eigenvalue weighted by Gasteiger charge is 2.22. The number of piperazine rings is 1. The van der Waals surface area contributed by atoms with Crippen LogP contribution in [0, 0.1) is 13.8 Å². The lowest BCUT2D eigenvalue weighted by atomic mass is 10.1. The Labute approximate surface area is 137 Å². The minimum Gasteiger partial charge on any atom is -0.484 e. The van der Waals surface area contributed by atoms with Crippen LogP contribution in [0.3, 0.4) is 0 Å². The monoisotopic (exact) mass is 319 g/mol. The largest absolute Gasteiger partial charge is 0.484 e. The van der Waals surface area contributed by atoms with E-state index in [1.54, 1.807) is 11.9 Å². The van der Waals surface area contributed by atoms with Gasteiger partial charge in [0.25, 0.3) is 5.91 Å².